The van der Waals surface area contributed by atoms with Crippen molar-refractivity contribution in [2.24, 2.45) is 5.92 Å². The smallest absolute Gasteiger partial charge is 0.290 e. The number of amides is 3. The molecule has 1 heterocycles. The number of carbonyl (C=O) groups is 4. The van der Waals surface area contributed by atoms with Gasteiger partial charge in [0.05, 0.1) is 6.42 Å². The Bertz CT molecular complexity index is 816. The summed E-state index contributed by atoms with van der Waals surface area (Å²) in [6.45, 7) is 1.63. The van der Waals surface area contributed by atoms with Gasteiger partial charge in [0, 0.05) is 38.5 Å². The highest BCUT2D eigenvalue weighted by Crippen LogP contribution is 2.24. The van der Waals surface area contributed by atoms with Crippen molar-refractivity contribution in [1.29, 1.82) is 0 Å². The first-order valence-electron chi connectivity index (χ1n) is 12.1. The van der Waals surface area contributed by atoms with Crippen molar-refractivity contribution in [1.82, 2.24) is 15.5 Å². The van der Waals surface area contributed by atoms with E-state index in [4.69, 9.17) is 9.90 Å². The van der Waals surface area contributed by atoms with E-state index < -0.39 is 0 Å². The van der Waals surface area contributed by atoms with Gasteiger partial charge >= 0.3 is 0 Å². The highest BCUT2D eigenvalue weighted by Gasteiger charge is 2.24. The van der Waals surface area contributed by atoms with Gasteiger partial charge in [0.15, 0.2) is 0 Å². The van der Waals surface area contributed by atoms with Crippen LogP contribution in [-0.2, 0) is 25.6 Å². The minimum absolute atomic E-state index is 0.00732. The maximum absolute atomic E-state index is 12.4. The molecule has 3 rings (SSSR count). The Morgan fingerprint density at radius 1 is 1.12 bits per heavy atom. The summed E-state index contributed by atoms with van der Waals surface area (Å²) in [6, 6.07) is 6.89. The predicted octanol–water partition coefficient (Wildman–Crippen LogP) is 2.22. The molecule has 2 atom stereocenters. The van der Waals surface area contributed by atoms with Gasteiger partial charge in [0.1, 0.15) is 5.75 Å². The fourth-order valence-electron chi connectivity index (χ4n) is 4.60. The first-order chi connectivity index (χ1) is 16.4. The number of carboxylic acid groups (broad SMARTS) is 1. The van der Waals surface area contributed by atoms with Gasteiger partial charge in [-0.25, -0.2) is 0 Å². The summed E-state index contributed by atoms with van der Waals surface area (Å²) >= 11 is 0. The third kappa shape index (κ3) is 10.2. The van der Waals surface area contributed by atoms with Crippen LogP contribution in [0.15, 0.2) is 24.3 Å². The van der Waals surface area contributed by atoms with Crippen LogP contribution in [-0.4, -0.2) is 65.0 Å². The molecule has 0 aromatic heterocycles. The Morgan fingerprint density at radius 2 is 1.91 bits per heavy atom. The van der Waals surface area contributed by atoms with E-state index in [0.717, 1.165) is 57.1 Å². The zero-order valence-electron chi connectivity index (χ0n) is 19.7. The molecule has 188 valence electrons. The van der Waals surface area contributed by atoms with Crippen molar-refractivity contribution in [3.63, 3.8) is 0 Å². The molecule has 3 amide bonds. The standard InChI is InChI=1S/C24H35N3O4.CH2O2/c28-21-9-5-6-18(15-21)16-23(30)26-20-8-4-7-19(14-20)17-25-22(29)11-13-27-12-3-1-2-10-24(27)31;2-1-3/h5-6,9,15,19-20,28H,1-4,7-8,10-14,16-17H2,(H,25,29)(H,26,30);1H,(H,2,3)/t19-,20+;/m1./s1. The van der Waals surface area contributed by atoms with E-state index in [1.165, 1.54) is 0 Å². The Hall–Kier alpha value is -3.10. The zero-order valence-corrected chi connectivity index (χ0v) is 19.7. The number of hydrogen-bond donors (Lipinski definition) is 4. The second kappa shape index (κ2) is 14.9. The number of nitrogens with zero attached hydrogens (tertiary/aromatic N) is 1. The topological polar surface area (TPSA) is 136 Å². The molecule has 9 heteroatoms. The molecule has 0 radical (unpaired) electrons. The number of likely N-dealkylation sites (tertiary alicyclic amines) is 1. The van der Waals surface area contributed by atoms with E-state index in [1.807, 2.05) is 11.0 Å². The fourth-order valence-corrected chi connectivity index (χ4v) is 4.60. The van der Waals surface area contributed by atoms with Gasteiger partial charge in [-0.2, -0.15) is 0 Å². The quantitative estimate of drug-likeness (QED) is 0.426. The van der Waals surface area contributed by atoms with E-state index >= 15 is 0 Å². The number of aromatic hydroxyl groups is 1. The Labute approximate surface area is 200 Å². The number of carbonyl (C=O) groups excluding carboxylic acids is 3. The SMILES string of the molecule is O=C(CCN1CCCCCC1=O)NC[C@@H]1CCC[C@H](NC(=O)Cc2cccc(O)c2)C1.O=CO. The van der Waals surface area contributed by atoms with Crippen LogP contribution in [0.2, 0.25) is 0 Å². The van der Waals surface area contributed by atoms with Crippen molar-refractivity contribution in [3.05, 3.63) is 29.8 Å². The number of nitrogens with one attached hydrogen (secondary N) is 2. The van der Waals surface area contributed by atoms with Gasteiger partial charge in [-0.1, -0.05) is 25.0 Å². The summed E-state index contributed by atoms with van der Waals surface area (Å²) in [4.78, 5) is 46.8. The highest BCUT2D eigenvalue weighted by atomic mass is 16.3. The van der Waals surface area contributed by atoms with Crippen LogP contribution in [0.25, 0.3) is 0 Å². The van der Waals surface area contributed by atoms with Gasteiger partial charge in [-0.15, -0.1) is 0 Å². The number of benzene rings is 1. The van der Waals surface area contributed by atoms with E-state index in [0.29, 0.717) is 31.8 Å². The van der Waals surface area contributed by atoms with Gasteiger partial charge < -0.3 is 25.7 Å². The number of phenolic OH excluding ortho intramolecular Hbond substituents is 1. The Morgan fingerprint density at radius 3 is 2.68 bits per heavy atom. The summed E-state index contributed by atoms with van der Waals surface area (Å²) in [6.07, 6.45) is 8.14. The molecule has 1 aromatic rings. The lowest BCUT2D eigenvalue weighted by molar-refractivity contribution is -0.131. The van der Waals surface area contributed by atoms with Crippen LogP contribution < -0.4 is 10.6 Å². The van der Waals surface area contributed by atoms with E-state index in [-0.39, 0.29) is 42.4 Å². The minimum Gasteiger partial charge on any atom is -0.508 e. The first-order valence-corrected chi connectivity index (χ1v) is 12.1. The zero-order chi connectivity index (χ0) is 24.8. The lowest BCUT2D eigenvalue weighted by Crippen LogP contribution is -2.42. The molecule has 1 aromatic carbocycles. The van der Waals surface area contributed by atoms with Gasteiger partial charge in [-0.05, 0) is 55.7 Å². The molecule has 0 unspecified atom stereocenters. The van der Waals surface area contributed by atoms with Crippen molar-refractivity contribution >= 4 is 24.2 Å². The maximum Gasteiger partial charge on any atom is 0.290 e. The van der Waals surface area contributed by atoms with E-state index in [1.54, 1.807) is 18.2 Å². The third-order valence-corrected chi connectivity index (χ3v) is 6.29. The molecule has 1 aliphatic heterocycles. The molecule has 2 fully saturated rings. The van der Waals surface area contributed by atoms with Crippen LogP contribution in [0.1, 0.15) is 63.4 Å². The second-order valence-corrected chi connectivity index (χ2v) is 8.99. The van der Waals surface area contributed by atoms with Crippen LogP contribution in [0.4, 0.5) is 0 Å². The van der Waals surface area contributed by atoms with Crippen LogP contribution in [0, 0.1) is 5.92 Å². The monoisotopic (exact) mass is 475 g/mol. The van der Waals surface area contributed by atoms with Gasteiger partial charge in [-0.3, -0.25) is 19.2 Å². The molecule has 0 bridgehead atoms. The first kappa shape index (κ1) is 27.1. The van der Waals surface area contributed by atoms with Gasteiger partial charge in [0.2, 0.25) is 17.7 Å². The number of rotatable bonds is 8. The van der Waals surface area contributed by atoms with Crippen molar-refractivity contribution < 1.29 is 29.4 Å². The van der Waals surface area contributed by atoms with E-state index in [9.17, 15) is 19.5 Å². The summed E-state index contributed by atoms with van der Waals surface area (Å²) in [5, 5.41) is 22.6. The maximum atomic E-state index is 12.4. The average Bonchev–Trinajstić information content (AvgIpc) is 3.01. The lowest BCUT2D eigenvalue weighted by atomic mass is 9.85. The third-order valence-electron chi connectivity index (χ3n) is 6.29. The summed E-state index contributed by atoms with van der Waals surface area (Å²) in [7, 11) is 0. The number of phenols is 1. The molecule has 4 N–H and O–H groups in total. The number of hydrogen-bond acceptors (Lipinski definition) is 5. The largest absolute Gasteiger partial charge is 0.508 e. The fraction of sp³-hybridized carbons (Fsp3) is 0.600. The second-order valence-electron chi connectivity index (χ2n) is 8.99. The molecule has 0 spiro atoms. The van der Waals surface area contributed by atoms with Crippen LogP contribution in [0.5, 0.6) is 5.75 Å². The molecule has 1 saturated carbocycles. The lowest BCUT2D eigenvalue weighted by Gasteiger charge is -2.30. The molecule has 2 aliphatic rings. The Kier molecular flexibility index (Phi) is 11.9. The van der Waals surface area contributed by atoms with Crippen LogP contribution in [0.3, 0.4) is 0 Å². The summed E-state index contributed by atoms with van der Waals surface area (Å²) in [5.74, 6) is 0.638. The Balaban J connectivity index is 0.00000129. The average molecular weight is 476 g/mol. The molecular formula is C25H37N3O6. The normalized spacial score (nSPS) is 20.4. The molecule has 34 heavy (non-hydrogen) atoms. The highest BCUT2D eigenvalue weighted by molar-refractivity contribution is 5.79. The minimum atomic E-state index is -0.250. The summed E-state index contributed by atoms with van der Waals surface area (Å²) in [5.41, 5.74) is 0.792. The van der Waals surface area contributed by atoms with Crippen molar-refractivity contribution in [3.8, 4) is 5.75 Å². The molecular weight excluding hydrogens is 438 g/mol. The molecule has 1 aliphatic carbocycles. The molecule has 1 saturated heterocycles. The van der Waals surface area contributed by atoms with Gasteiger partial charge in [0.25, 0.3) is 6.47 Å². The predicted molar refractivity (Wildman–Crippen MR) is 127 cm³/mol. The molecule has 9 nitrogen and oxygen atoms in total. The van der Waals surface area contributed by atoms with Crippen molar-refractivity contribution in [2.45, 2.75) is 70.3 Å². The van der Waals surface area contributed by atoms with Crippen LogP contribution >= 0.6 is 0 Å². The van der Waals surface area contributed by atoms with Crippen molar-refractivity contribution in [2.75, 3.05) is 19.6 Å². The summed E-state index contributed by atoms with van der Waals surface area (Å²) < 4.78 is 0. The van der Waals surface area contributed by atoms with E-state index in [2.05, 4.69) is 10.6 Å².